The molecule has 3 nitrogen and oxygen atoms in total. The second-order valence-corrected chi connectivity index (χ2v) is 4.96. The number of benzene rings is 1. The van der Waals surface area contributed by atoms with Gasteiger partial charge in [0.2, 0.25) is 5.82 Å². The number of anilines is 1. The van der Waals surface area contributed by atoms with Crippen LogP contribution in [0.3, 0.4) is 0 Å². The molecule has 2 rings (SSSR count). The fraction of sp³-hybridized carbons (Fsp3) is 0.333. The summed E-state index contributed by atoms with van der Waals surface area (Å²) in [7, 11) is 1.53. The molecule has 6 heteroatoms. The van der Waals surface area contributed by atoms with Gasteiger partial charge < -0.3 is 5.32 Å². The lowest BCUT2D eigenvalue weighted by atomic mass is 9.98. The van der Waals surface area contributed by atoms with Crippen LogP contribution in [0, 0.1) is 20.8 Å². The van der Waals surface area contributed by atoms with Crippen molar-refractivity contribution in [3.8, 4) is 11.3 Å². The van der Waals surface area contributed by atoms with Crippen molar-refractivity contribution in [2.75, 3.05) is 12.4 Å². The lowest BCUT2D eigenvalue weighted by Gasteiger charge is -2.13. The Morgan fingerprint density at radius 1 is 0.905 bits per heavy atom. The summed E-state index contributed by atoms with van der Waals surface area (Å²) in [5.74, 6) is -0.994. The molecule has 0 radical (unpaired) electrons. The van der Waals surface area contributed by atoms with Crippen LogP contribution >= 0.6 is 0 Å². The molecule has 1 aromatic carbocycles. The van der Waals surface area contributed by atoms with Crippen molar-refractivity contribution < 1.29 is 13.2 Å². The molecular formula is C15H16F3N3. The molecule has 0 amide bonds. The highest BCUT2D eigenvalue weighted by Crippen LogP contribution is 2.31. The average molecular weight is 295 g/mol. The van der Waals surface area contributed by atoms with Gasteiger partial charge in [-0.3, -0.25) is 0 Å². The lowest BCUT2D eigenvalue weighted by Crippen LogP contribution is -2.13. The van der Waals surface area contributed by atoms with Crippen molar-refractivity contribution in [2.45, 2.75) is 26.9 Å². The van der Waals surface area contributed by atoms with E-state index in [1.54, 1.807) is 0 Å². The van der Waals surface area contributed by atoms with Crippen LogP contribution in [0.5, 0.6) is 0 Å². The van der Waals surface area contributed by atoms with Gasteiger partial charge in [0.15, 0.2) is 0 Å². The highest BCUT2D eigenvalue weighted by molar-refractivity contribution is 5.67. The molecular weight excluding hydrogens is 279 g/mol. The monoisotopic (exact) mass is 295 g/mol. The number of hydrogen-bond donors (Lipinski definition) is 1. The summed E-state index contributed by atoms with van der Waals surface area (Å²) < 4.78 is 38.7. The van der Waals surface area contributed by atoms with Crippen molar-refractivity contribution in [1.82, 2.24) is 9.97 Å². The van der Waals surface area contributed by atoms with E-state index in [9.17, 15) is 13.2 Å². The lowest BCUT2D eigenvalue weighted by molar-refractivity contribution is -0.144. The number of nitrogens with zero attached hydrogens (tertiary/aromatic N) is 2. The quantitative estimate of drug-likeness (QED) is 0.905. The van der Waals surface area contributed by atoms with Gasteiger partial charge in [0, 0.05) is 18.7 Å². The molecule has 2 aromatic rings. The first-order valence-electron chi connectivity index (χ1n) is 6.44. The molecule has 21 heavy (non-hydrogen) atoms. The van der Waals surface area contributed by atoms with E-state index in [4.69, 9.17) is 0 Å². The molecule has 1 N–H and O–H groups in total. The minimum atomic E-state index is -4.57. The Balaban J connectivity index is 2.66. The fourth-order valence-electron chi connectivity index (χ4n) is 2.08. The summed E-state index contributed by atoms with van der Waals surface area (Å²) in [6.07, 6.45) is -4.57. The molecule has 1 heterocycles. The number of aryl methyl sites for hydroxylation is 3. The molecule has 0 saturated heterocycles. The maximum Gasteiger partial charge on any atom is 0.451 e. The molecule has 0 aliphatic heterocycles. The van der Waals surface area contributed by atoms with Crippen LogP contribution in [-0.2, 0) is 6.18 Å². The zero-order valence-corrected chi connectivity index (χ0v) is 12.3. The number of halogens is 3. The first-order valence-corrected chi connectivity index (χ1v) is 6.44. The second-order valence-electron chi connectivity index (χ2n) is 4.96. The van der Waals surface area contributed by atoms with Gasteiger partial charge in [-0.15, -0.1) is 0 Å². The zero-order valence-electron chi connectivity index (χ0n) is 12.3. The first-order chi connectivity index (χ1) is 9.72. The molecule has 0 aliphatic carbocycles. The summed E-state index contributed by atoms with van der Waals surface area (Å²) in [5, 5.41) is 2.64. The van der Waals surface area contributed by atoms with Crippen LogP contribution < -0.4 is 5.32 Å². The molecule has 0 bridgehead atoms. The van der Waals surface area contributed by atoms with E-state index in [0.29, 0.717) is 5.56 Å². The SMILES string of the molecule is CNc1cc(-c2cc(C)c(C)cc2C)nc(C(F)(F)F)n1. The van der Waals surface area contributed by atoms with Gasteiger partial charge in [0.25, 0.3) is 0 Å². The van der Waals surface area contributed by atoms with Crippen LogP contribution in [-0.4, -0.2) is 17.0 Å². The second kappa shape index (κ2) is 5.35. The molecule has 1 aromatic heterocycles. The van der Waals surface area contributed by atoms with Crippen LogP contribution in [0.2, 0.25) is 0 Å². The highest BCUT2D eigenvalue weighted by Gasteiger charge is 2.35. The Morgan fingerprint density at radius 3 is 2.10 bits per heavy atom. The standard InChI is InChI=1S/C15H16F3N3/c1-8-5-10(3)11(6-9(8)2)12-7-13(19-4)21-14(20-12)15(16,17)18/h5-7H,1-4H3,(H,19,20,21). The van der Waals surface area contributed by atoms with Gasteiger partial charge in [0.05, 0.1) is 5.69 Å². The Labute approximate surface area is 121 Å². The van der Waals surface area contributed by atoms with E-state index in [-0.39, 0.29) is 11.5 Å². The molecule has 0 atom stereocenters. The van der Waals surface area contributed by atoms with Gasteiger partial charge in [-0.25, -0.2) is 9.97 Å². The summed E-state index contributed by atoms with van der Waals surface area (Å²) in [4.78, 5) is 7.15. The summed E-state index contributed by atoms with van der Waals surface area (Å²) in [6, 6.07) is 5.32. The van der Waals surface area contributed by atoms with Crippen molar-refractivity contribution in [2.24, 2.45) is 0 Å². The van der Waals surface area contributed by atoms with E-state index in [2.05, 4.69) is 15.3 Å². The Hall–Kier alpha value is -2.11. The number of aromatic nitrogens is 2. The predicted octanol–water partition coefficient (Wildman–Crippen LogP) is 4.13. The van der Waals surface area contributed by atoms with Crippen molar-refractivity contribution in [3.05, 3.63) is 40.7 Å². The third kappa shape index (κ3) is 3.15. The smallest absolute Gasteiger partial charge is 0.373 e. The predicted molar refractivity (Wildman–Crippen MR) is 76.2 cm³/mol. The normalized spacial score (nSPS) is 11.6. The van der Waals surface area contributed by atoms with Gasteiger partial charge in [-0.1, -0.05) is 6.07 Å². The minimum absolute atomic E-state index is 0.143. The Kier molecular flexibility index (Phi) is 3.89. The van der Waals surface area contributed by atoms with Gasteiger partial charge in [0.1, 0.15) is 5.82 Å². The Bertz CT molecular complexity index is 679. The molecule has 112 valence electrons. The van der Waals surface area contributed by atoms with Crippen LogP contribution in [0.1, 0.15) is 22.5 Å². The van der Waals surface area contributed by atoms with Crippen LogP contribution in [0.25, 0.3) is 11.3 Å². The first kappa shape index (κ1) is 15.3. The van der Waals surface area contributed by atoms with Gasteiger partial charge in [-0.2, -0.15) is 13.2 Å². The van der Waals surface area contributed by atoms with E-state index in [0.717, 1.165) is 16.7 Å². The number of alkyl halides is 3. The van der Waals surface area contributed by atoms with Crippen molar-refractivity contribution >= 4 is 5.82 Å². The summed E-state index contributed by atoms with van der Waals surface area (Å²) in [6.45, 7) is 5.74. The van der Waals surface area contributed by atoms with E-state index in [1.165, 1.54) is 13.1 Å². The maximum absolute atomic E-state index is 12.9. The fourth-order valence-corrected chi connectivity index (χ4v) is 2.08. The topological polar surface area (TPSA) is 37.8 Å². The van der Waals surface area contributed by atoms with Gasteiger partial charge >= 0.3 is 6.18 Å². The largest absolute Gasteiger partial charge is 0.451 e. The van der Waals surface area contributed by atoms with Crippen LogP contribution in [0.15, 0.2) is 18.2 Å². The molecule has 0 fully saturated rings. The van der Waals surface area contributed by atoms with E-state index >= 15 is 0 Å². The zero-order chi connectivity index (χ0) is 15.8. The molecule has 0 saturated carbocycles. The summed E-state index contributed by atoms with van der Waals surface area (Å²) in [5.41, 5.74) is 3.93. The highest BCUT2D eigenvalue weighted by atomic mass is 19.4. The molecule has 0 aliphatic rings. The molecule has 0 unspecified atom stereocenters. The van der Waals surface area contributed by atoms with E-state index in [1.807, 2.05) is 32.9 Å². The summed E-state index contributed by atoms with van der Waals surface area (Å²) >= 11 is 0. The number of rotatable bonds is 2. The van der Waals surface area contributed by atoms with Crippen molar-refractivity contribution in [1.29, 1.82) is 0 Å². The molecule has 0 spiro atoms. The maximum atomic E-state index is 12.9. The minimum Gasteiger partial charge on any atom is -0.373 e. The van der Waals surface area contributed by atoms with Crippen LogP contribution in [0.4, 0.5) is 19.0 Å². The third-order valence-electron chi connectivity index (χ3n) is 3.35. The average Bonchev–Trinajstić information content (AvgIpc) is 2.41. The van der Waals surface area contributed by atoms with E-state index < -0.39 is 12.0 Å². The Morgan fingerprint density at radius 2 is 1.52 bits per heavy atom. The number of hydrogen-bond acceptors (Lipinski definition) is 3. The third-order valence-corrected chi connectivity index (χ3v) is 3.35. The van der Waals surface area contributed by atoms with Gasteiger partial charge in [-0.05, 0) is 43.5 Å². The number of nitrogens with one attached hydrogen (secondary N) is 1. The van der Waals surface area contributed by atoms with Crippen molar-refractivity contribution in [3.63, 3.8) is 0 Å².